The molecule has 0 atom stereocenters. The van der Waals surface area contributed by atoms with E-state index in [2.05, 4.69) is 95.6 Å². The summed E-state index contributed by atoms with van der Waals surface area (Å²) in [5, 5.41) is 0. The van der Waals surface area contributed by atoms with Gasteiger partial charge in [-0.05, 0) is 22.3 Å². The monoisotopic (exact) mass is 348 g/mol. The molecule has 2 heterocycles. The third-order valence-electron chi connectivity index (χ3n) is 3.85. The highest BCUT2D eigenvalue weighted by Crippen LogP contribution is 2.61. The van der Waals surface area contributed by atoms with Crippen LogP contribution < -0.4 is 0 Å². The molecule has 0 saturated heterocycles. The van der Waals surface area contributed by atoms with Crippen LogP contribution in [-0.4, -0.2) is 2.74 Å². The first-order chi connectivity index (χ1) is 10.3. The fourth-order valence-corrected chi connectivity index (χ4v) is 9.17. The average molecular weight is 349 g/mol. The van der Waals surface area contributed by atoms with Crippen LogP contribution in [0, 0.1) is 0 Å². The second-order valence-corrected chi connectivity index (χ2v) is 11.5. The standard InChI is InChI=1S/C17H16S4/c1-2-6-14-10-19-17(18-9-13(14)5-1)20-11-15-7-3-4-8-16(15)12-21-17/h1-8H,9-12H2. The quantitative estimate of drug-likeness (QED) is 0.576. The van der Waals surface area contributed by atoms with Gasteiger partial charge in [0.15, 0.2) is 2.74 Å². The van der Waals surface area contributed by atoms with E-state index in [4.69, 9.17) is 0 Å². The van der Waals surface area contributed by atoms with E-state index in [0.29, 0.717) is 0 Å². The van der Waals surface area contributed by atoms with Crippen LogP contribution in [0.25, 0.3) is 0 Å². The molecule has 0 N–H and O–H groups in total. The first-order valence-corrected chi connectivity index (χ1v) is 11.0. The zero-order valence-corrected chi connectivity index (χ0v) is 14.8. The highest BCUT2D eigenvalue weighted by molar-refractivity contribution is 8.47. The Labute approximate surface area is 143 Å². The predicted octanol–water partition coefficient (Wildman–Crippen LogP) is 5.96. The van der Waals surface area contributed by atoms with Gasteiger partial charge in [0.25, 0.3) is 0 Å². The number of thioether (sulfide) groups is 4. The number of rotatable bonds is 0. The van der Waals surface area contributed by atoms with E-state index in [1.54, 1.807) is 0 Å². The number of fused-ring (bicyclic) bond motifs is 2. The van der Waals surface area contributed by atoms with Gasteiger partial charge >= 0.3 is 0 Å². The normalized spacial score (nSPS) is 20.2. The molecule has 2 aliphatic rings. The molecule has 4 rings (SSSR count). The topological polar surface area (TPSA) is 0 Å². The summed E-state index contributed by atoms with van der Waals surface area (Å²) < 4.78 is 0.248. The molecule has 4 heteroatoms. The Morgan fingerprint density at radius 2 is 0.810 bits per heavy atom. The van der Waals surface area contributed by atoms with Gasteiger partial charge in [0.05, 0.1) is 0 Å². The first-order valence-electron chi connectivity index (χ1n) is 7.04. The SMILES string of the molecule is c1ccc2c(c1)CSC1(SC2)SCc2ccccc2CS1. The van der Waals surface area contributed by atoms with Gasteiger partial charge in [-0.3, -0.25) is 0 Å². The Hall–Kier alpha value is -0.160. The van der Waals surface area contributed by atoms with Crippen molar-refractivity contribution in [1.82, 2.24) is 0 Å². The van der Waals surface area contributed by atoms with Crippen LogP contribution in [0.2, 0.25) is 0 Å². The maximum absolute atomic E-state index is 2.29. The van der Waals surface area contributed by atoms with Crippen molar-refractivity contribution in [3.8, 4) is 0 Å². The number of benzene rings is 2. The van der Waals surface area contributed by atoms with E-state index in [-0.39, 0.29) is 2.74 Å². The maximum atomic E-state index is 2.29. The largest absolute Gasteiger partial charge is 0.154 e. The number of hydrogen-bond donors (Lipinski definition) is 0. The molecule has 2 aromatic rings. The van der Waals surface area contributed by atoms with E-state index < -0.39 is 0 Å². The molecule has 0 radical (unpaired) electrons. The predicted molar refractivity (Wildman–Crippen MR) is 101 cm³/mol. The molecule has 0 nitrogen and oxygen atoms in total. The van der Waals surface area contributed by atoms with E-state index in [9.17, 15) is 0 Å². The zero-order valence-electron chi connectivity index (χ0n) is 11.6. The minimum atomic E-state index is 0.248. The molecule has 21 heavy (non-hydrogen) atoms. The fourth-order valence-electron chi connectivity index (χ4n) is 2.59. The fraction of sp³-hybridized carbons (Fsp3) is 0.294. The molecule has 1 spiro atoms. The van der Waals surface area contributed by atoms with Gasteiger partial charge < -0.3 is 0 Å². The molecular formula is C17H16S4. The summed E-state index contributed by atoms with van der Waals surface area (Å²) in [5.41, 5.74) is 6.09. The minimum absolute atomic E-state index is 0.248. The lowest BCUT2D eigenvalue weighted by molar-refractivity contribution is 1.29. The molecule has 0 aliphatic carbocycles. The molecular weight excluding hydrogens is 332 g/mol. The summed E-state index contributed by atoms with van der Waals surface area (Å²) in [5.74, 6) is 4.55. The minimum Gasteiger partial charge on any atom is -0.118 e. The Bertz CT molecular complexity index is 538. The second-order valence-electron chi connectivity index (χ2n) is 5.19. The molecule has 108 valence electrons. The third-order valence-corrected chi connectivity index (χ3v) is 11.3. The van der Waals surface area contributed by atoms with Gasteiger partial charge in [-0.2, -0.15) is 0 Å². The Morgan fingerprint density at radius 3 is 1.10 bits per heavy atom. The maximum Gasteiger partial charge on any atom is 0.154 e. The Morgan fingerprint density at radius 1 is 0.524 bits per heavy atom. The summed E-state index contributed by atoms with van der Waals surface area (Å²) in [6.45, 7) is 0. The van der Waals surface area contributed by atoms with Crippen molar-refractivity contribution in [3.05, 3.63) is 70.8 Å². The van der Waals surface area contributed by atoms with Crippen LogP contribution in [0.15, 0.2) is 48.5 Å². The van der Waals surface area contributed by atoms with Gasteiger partial charge in [-0.1, -0.05) is 48.5 Å². The van der Waals surface area contributed by atoms with Gasteiger partial charge in [0.2, 0.25) is 0 Å². The van der Waals surface area contributed by atoms with Crippen molar-refractivity contribution in [1.29, 1.82) is 0 Å². The summed E-state index contributed by atoms with van der Waals surface area (Å²) in [4.78, 5) is 0. The van der Waals surface area contributed by atoms with Crippen molar-refractivity contribution < 1.29 is 0 Å². The highest BCUT2D eigenvalue weighted by atomic mass is 32.3. The highest BCUT2D eigenvalue weighted by Gasteiger charge is 2.37. The van der Waals surface area contributed by atoms with Gasteiger partial charge in [0, 0.05) is 23.0 Å². The smallest absolute Gasteiger partial charge is 0.118 e. The average Bonchev–Trinajstić information content (AvgIpc) is 2.84. The lowest BCUT2D eigenvalue weighted by atomic mass is 10.1. The summed E-state index contributed by atoms with van der Waals surface area (Å²) >= 11 is 8.49. The zero-order chi connectivity index (χ0) is 14.1. The Kier molecular flexibility index (Phi) is 4.23. The van der Waals surface area contributed by atoms with Crippen molar-refractivity contribution in [3.63, 3.8) is 0 Å². The molecule has 0 aromatic heterocycles. The van der Waals surface area contributed by atoms with Gasteiger partial charge in [0.1, 0.15) is 0 Å². The first kappa shape index (κ1) is 14.4. The van der Waals surface area contributed by atoms with E-state index in [1.807, 2.05) is 0 Å². The molecule has 2 aliphatic heterocycles. The van der Waals surface area contributed by atoms with Crippen LogP contribution in [-0.2, 0) is 23.0 Å². The van der Waals surface area contributed by atoms with Crippen LogP contribution in [0.1, 0.15) is 22.3 Å². The number of hydrogen-bond acceptors (Lipinski definition) is 4. The van der Waals surface area contributed by atoms with Crippen LogP contribution >= 0.6 is 47.0 Å². The molecule has 0 bridgehead atoms. The van der Waals surface area contributed by atoms with E-state index in [0.717, 1.165) is 23.0 Å². The lowest BCUT2D eigenvalue weighted by Gasteiger charge is -2.28. The van der Waals surface area contributed by atoms with E-state index in [1.165, 1.54) is 22.3 Å². The van der Waals surface area contributed by atoms with Gasteiger partial charge in [-0.15, -0.1) is 47.0 Å². The van der Waals surface area contributed by atoms with Crippen LogP contribution in [0.4, 0.5) is 0 Å². The van der Waals surface area contributed by atoms with Crippen molar-refractivity contribution in [2.24, 2.45) is 0 Å². The molecule has 2 aromatic carbocycles. The summed E-state index contributed by atoms with van der Waals surface area (Å²) in [6, 6.07) is 17.9. The van der Waals surface area contributed by atoms with Crippen LogP contribution in [0.5, 0.6) is 0 Å². The molecule has 0 unspecified atom stereocenters. The van der Waals surface area contributed by atoms with Crippen molar-refractivity contribution in [2.75, 3.05) is 0 Å². The molecule has 0 fully saturated rings. The lowest BCUT2D eigenvalue weighted by Crippen LogP contribution is -2.08. The Balaban J connectivity index is 1.57. The van der Waals surface area contributed by atoms with Crippen molar-refractivity contribution in [2.45, 2.75) is 25.8 Å². The summed E-state index contributed by atoms with van der Waals surface area (Å²) in [7, 11) is 0. The van der Waals surface area contributed by atoms with E-state index >= 15 is 0 Å². The van der Waals surface area contributed by atoms with Crippen molar-refractivity contribution >= 4 is 47.0 Å². The third kappa shape index (κ3) is 3.00. The molecule has 0 amide bonds. The van der Waals surface area contributed by atoms with Gasteiger partial charge in [-0.25, -0.2) is 0 Å². The van der Waals surface area contributed by atoms with Crippen LogP contribution in [0.3, 0.4) is 0 Å². The molecule has 0 saturated carbocycles. The second kappa shape index (κ2) is 6.15. The summed E-state index contributed by atoms with van der Waals surface area (Å²) in [6.07, 6.45) is 0.